The predicted octanol–water partition coefficient (Wildman–Crippen LogP) is 1.93. The van der Waals surface area contributed by atoms with Gasteiger partial charge in [0.1, 0.15) is 0 Å². The molecule has 1 heterocycles. The van der Waals surface area contributed by atoms with E-state index in [1.165, 1.54) is 5.69 Å². The van der Waals surface area contributed by atoms with Gasteiger partial charge in [0.05, 0.1) is 11.8 Å². The number of aryl methyl sites for hydroxylation is 2. The fourth-order valence-corrected chi connectivity index (χ4v) is 2.35. The van der Waals surface area contributed by atoms with Crippen LogP contribution in [0.3, 0.4) is 0 Å². The zero-order chi connectivity index (χ0) is 13.5. The van der Waals surface area contributed by atoms with Crippen molar-refractivity contribution in [2.75, 3.05) is 14.2 Å². The van der Waals surface area contributed by atoms with E-state index in [-0.39, 0.29) is 6.10 Å². The summed E-state index contributed by atoms with van der Waals surface area (Å²) in [6.45, 7) is 4.33. The Labute approximate surface area is 111 Å². The highest BCUT2D eigenvalue weighted by molar-refractivity contribution is 5.12. The molecule has 0 aliphatic heterocycles. The number of nitrogens with one attached hydrogen (secondary N) is 1. The molecular weight excluding hydrogens is 226 g/mol. The molecule has 4 heteroatoms. The molecule has 0 spiro atoms. The first-order valence-electron chi connectivity index (χ1n) is 6.88. The van der Waals surface area contributed by atoms with Crippen molar-refractivity contribution in [2.24, 2.45) is 7.05 Å². The molecular formula is C14H27N3O. The second kappa shape index (κ2) is 7.54. The normalized spacial score (nSPS) is 14.7. The summed E-state index contributed by atoms with van der Waals surface area (Å²) < 4.78 is 7.58. The van der Waals surface area contributed by atoms with E-state index < -0.39 is 0 Å². The third-order valence-corrected chi connectivity index (χ3v) is 3.51. The Kier molecular flexibility index (Phi) is 6.36. The molecule has 1 aromatic rings. The number of nitrogens with zero attached hydrogens (tertiary/aromatic N) is 2. The highest BCUT2D eigenvalue weighted by atomic mass is 16.5. The van der Waals surface area contributed by atoms with Crippen LogP contribution in [0.4, 0.5) is 0 Å². The van der Waals surface area contributed by atoms with Crippen LogP contribution in [-0.4, -0.2) is 36.1 Å². The number of ether oxygens (including phenoxy) is 1. The van der Waals surface area contributed by atoms with Crippen LogP contribution >= 0.6 is 0 Å². The molecule has 0 radical (unpaired) electrons. The first kappa shape index (κ1) is 15.2. The van der Waals surface area contributed by atoms with Crippen LogP contribution in [0.2, 0.25) is 0 Å². The summed E-state index contributed by atoms with van der Waals surface area (Å²) in [5.74, 6) is 0. The molecule has 2 unspecified atom stereocenters. The lowest BCUT2D eigenvalue weighted by atomic mass is 10.0. The molecule has 0 saturated carbocycles. The standard InChI is InChI=1S/C14H27N3O/c1-6-8-14(18-5)13(15-3)10-12-9-11(7-2)16-17(12)4/h9,13-15H,6-8,10H2,1-5H3. The summed E-state index contributed by atoms with van der Waals surface area (Å²) in [6, 6.07) is 2.54. The van der Waals surface area contributed by atoms with Crippen molar-refractivity contribution in [3.8, 4) is 0 Å². The SMILES string of the molecule is CCCC(OC)C(Cc1cc(CC)nn1C)NC. The van der Waals surface area contributed by atoms with Crippen LogP contribution in [0, 0.1) is 0 Å². The molecule has 0 aliphatic rings. The Morgan fingerprint density at radius 2 is 2.17 bits per heavy atom. The van der Waals surface area contributed by atoms with Crippen LogP contribution in [-0.2, 0) is 24.6 Å². The maximum Gasteiger partial charge on any atom is 0.0727 e. The van der Waals surface area contributed by atoms with Crippen LogP contribution < -0.4 is 5.32 Å². The average Bonchev–Trinajstić information content (AvgIpc) is 2.74. The van der Waals surface area contributed by atoms with Crippen molar-refractivity contribution >= 4 is 0 Å². The van der Waals surface area contributed by atoms with Crippen LogP contribution in [0.1, 0.15) is 38.1 Å². The van der Waals surface area contributed by atoms with Gasteiger partial charge in [-0.15, -0.1) is 0 Å². The molecule has 1 N–H and O–H groups in total. The molecule has 1 aromatic heterocycles. The van der Waals surface area contributed by atoms with Gasteiger partial charge in [0.2, 0.25) is 0 Å². The van der Waals surface area contributed by atoms with Crippen molar-refractivity contribution in [2.45, 2.75) is 51.7 Å². The van der Waals surface area contributed by atoms with Gasteiger partial charge in [0, 0.05) is 32.3 Å². The molecule has 0 bridgehead atoms. The molecule has 104 valence electrons. The topological polar surface area (TPSA) is 39.1 Å². The van der Waals surface area contributed by atoms with Crippen LogP contribution in [0.5, 0.6) is 0 Å². The molecule has 0 aromatic carbocycles. The number of hydrogen-bond donors (Lipinski definition) is 1. The Morgan fingerprint density at radius 3 is 2.61 bits per heavy atom. The van der Waals surface area contributed by atoms with E-state index in [4.69, 9.17) is 4.74 Å². The zero-order valence-electron chi connectivity index (χ0n) is 12.4. The van der Waals surface area contributed by atoms with Crippen LogP contribution in [0.25, 0.3) is 0 Å². The summed E-state index contributed by atoms with van der Waals surface area (Å²) in [5.41, 5.74) is 2.43. The van der Waals surface area contributed by atoms with E-state index in [9.17, 15) is 0 Å². The maximum atomic E-state index is 5.60. The third kappa shape index (κ3) is 3.82. The Morgan fingerprint density at radius 1 is 1.44 bits per heavy atom. The fraction of sp³-hybridized carbons (Fsp3) is 0.786. The van der Waals surface area contributed by atoms with Crippen molar-refractivity contribution in [1.82, 2.24) is 15.1 Å². The summed E-state index contributed by atoms with van der Waals surface area (Å²) in [6.07, 6.45) is 4.43. The van der Waals surface area contributed by atoms with Gasteiger partial charge in [0.15, 0.2) is 0 Å². The van der Waals surface area contributed by atoms with E-state index in [1.807, 2.05) is 18.8 Å². The Bertz CT molecular complexity index is 349. The van der Waals surface area contributed by atoms with E-state index >= 15 is 0 Å². The lowest BCUT2D eigenvalue weighted by Crippen LogP contribution is -2.41. The summed E-state index contributed by atoms with van der Waals surface area (Å²) in [7, 11) is 5.82. The maximum absolute atomic E-state index is 5.60. The van der Waals surface area contributed by atoms with Gasteiger partial charge in [-0.1, -0.05) is 20.3 Å². The second-order valence-electron chi connectivity index (χ2n) is 4.77. The third-order valence-electron chi connectivity index (χ3n) is 3.51. The number of likely N-dealkylation sites (N-methyl/N-ethyl adjacent to an activating group) is 1. The van der Waals surface area contributed by atoms with E-state index in [1.54, 1.807) is 7.11 Å². The number of aromatic nitrogens is 2. The molecule has 2 atom stereocenters. The van der Waals surface area contributed by atoms with E-state index in [0.717, 1.165) is 31.4 Å². The molecule has 0 amide bonds. The number of methoxy groups -OCH3 is 1. The zero-order valence-corrected chi connectivity index (χ0v) is 12.4. The highest BCUT2D eigenvalue weighted by Crippen LogP contribution is 2.13. The largest absolute Gasteiger partial charge is 0.380 e. The molecule has 0 aliphatic carbocycles. The van der Waals surface area contributed by atoms with Gasteiger partial charge in [-0.25, -0.2) is 0 Å². The highest BCUT2D eigenvalue weighted by Gasteiger charge is 2.20. The molecule has 1 rings (SSSR count). The van der Waals surface area contributed by atoms with Crippen molar-refractivity contribution < 1.29 is 4.74 Å². The lowest BCUT2D eigenvalue weighted by Gasteiger charge is -2.25. The number of hydrogen-bond acceptors (Lipinski definition) is 3. The molecule has 18 heavy (non-hydrogen) atoms. The van der Waals surface area contributed by atoms with Gasteiger partial charge in [-0.3, -0.25) is 4.68 Å². The van der Waals surface area contributed by atoms with Gasteiger partial charge in [-0.2, -0.15) is 5.10 Å². The van der Waals surface area contributed by atoms with Crippen molar-refractivity contribution in [1.29, 1.82) is 0 Å². The van der Waals surface area contributed by atoms with Gasteiger partial charge >= 0.3 is 0 Å². The first-order chi connectivity index (χ1) is 8.65. The van der Waals surface area contributed by atoms with E-state index in [2.05, 4.69) is 30.3 Å². The minimum absolute atomic E-state index is 0.264. The van der Waals surface area contributed by atoms with Crippen molar-refractivity contribution in [3.63, 3.8) is 0 Å². The van der Waals surface area contributed by atoms with Gasteiger partial charge in [-0.05, 0) is 26.0 Å². The lowest BCUT2D eigenvalue weighted by molar-refractivity contribution is 0.0627. The van der Waals surface area contributed by atoms with Gasteiger partial charge < -0.3 is 10.1 Å². The fourth-order valence-electron chi connectivity index (χ4n) is 2.35. The minimum Gasteiger partial charge on any atom is -0.380 e. The second-order valence-corrected chi connectivity index (χ2v) is 4.77. The Hall–Kier alpha value is -0.870. The number of rotatable bonds is 8. The molecule has 4 nitrogen and oxygen atoms in total. The minimum atomic E-state index is 0.264. The monoisotopic (exact) mass is 253 g/mol. The van der Waals surface area contributed by atoms with Gasteiger partial charge in [0.25, 0.3) is 0 Å². The summed E-state index contributed by atoms with van der Waals surface area (Å²) >= 11 is 0. The van der Waals surface area contributed by atoms with Crippen LogP contribution in [0.15, 0.2) is 6.07 Å². The first-order valence-corrected chi connectivity index (χ1v) is 6.88. The molecule has 0 fully saturated rings. The van der Waals surface area contributed by atoms with E-state index in [0.29, 0.717) is 6.04 Å². The average molecular weight is 253 g/mol. The predicted molar refractivity (Wildman–Crippen MR) is 74.8 cm³/mol. The van der Waals surface area contributed by atoms with Crippen molar-refractivity contribution in [3.05, 3.63) is 17.5 Å². The smallest absolute Gasteiger partial charge is 0.0727 e. The molecule has 0 saturated heterocycles. The Balaban J connectivity index is 2.74. The quantitative estimate of drug-likeness (QED) is 0.769. The summed E-state index contributed by atoms with van der Waals surface area (Å²) in [4.78, 5) is 0. The summed E-state index contributed by atoms with van der Waals surface area (Å²) in [5, 5.41) is 7.87.